The Balaban J connectivity index is 1.67. The minimum absolute atomic E-state index is 0.00958. The van der Waals surface area contributed by atoms with Crippen molar-refractivity contribution in [3.05, 3.63) is 74.3 Å². The normalized spacial score (nSPS) is 18.2. The van der Waals surface area contributed by atoms with Gasteiger partial charge in [-0.25, -0.2) is 0 Å². The van der Waals surface area contributed by atoms with Crippen molar-refractivity contribution >= 4 is 46.3 Å². The topological polar surface area (TPSA) is 97.0 Å². The van der Waals surface area contributed by atoms with Crippen LogP contribution in [-0.4, -0.2) is 27.5 Å². The Morgan fingerprint density at radius 1 is 1.23 bits per heavy atom. The van der Waals surface area contributed by atoms with Crippen LogP contribution in [0.4, 0.5) is 18.9 Å². The van der Waals surface area contributed by atoms with Crippen LogP contribution in [-0.2, 0) is 17.4 Å². The number of benzene rings is 2. The molecular formula is C18H12ClF3N4O3S. The number of nitro groups is 1. The van der Waals surface area contributed by atoms with Gasteiger partial charge in [0.25, 0.3) is 5.69 Å². The van der Waals surface area contributed by atoms with Crippen molar-refractivity contribution in [2.75, 3.05) is 0 Å². The van der Waals surface area contributed by atoms with Gasteiger partial charge < -0.3 is 5.32 Å². The van der Waals surface area contributed by atoms with E-state index in [-0.39, 0.29) is 27.9 Å². The molecule has 156 valence electrons. The maximum absolute atomic E-state index is 12.9. The Kier molecular flexibility index (Phi) is 6.42. The van der Waals surface area contributed by atoms with E-state index in [0.29, 0.717) is 5.56 Å². The lowest BCUT2D eigenvalue weighted by molar-refractivity contribution is -0.384. The predicted molar refractivity (Wildman–Crippen MR) is 108 cm³/mol. The van der Waals surface area contributed by atoms with Crippen LogP contribution in [0.3, 0.4) is 0 Å². The first kappa shape index (κ1) is 21.8. The van der Waals surface area contributed by atoms with E-state index in [2.05, 4.69) is 15.5 Å². The molecule has 0 aliphatic carbocycles. The van der Waals surface area contributed by atoms with Gasteiger partial charge in [0, 0.05) is 17.2 Å². The molecule has 1 N–H and O–H groups in total. The summed E-state index contributed by atoms with van der Waals surface area (Å²) >= 11 is 7.01. The lowest BCUT2D eigenvalue weighted by Crippen LogP contribution is -2.26. The molecule has 0 saturated carbocycles. The number of non-ortho nitro benzene ring substituents is 1. The molecule has 1 heterocycles. The number of thioether (sulfide) groups is 1. The monoisotopic (exact) mass is 456 g/mol. The minimum Gasteiger partial charge on any atom is -0.303 e. The van der Waals surface area contributed by atoms with Crippen molar-refractivity contribution in [3.63, 3.8) is 0 Å². The van der Waals surface area contributed by atoms with Crippen LogP contribution in [0.2, 0.25) is 5.02 Å². The zero-order valence-corrected chi connectivity index (χ0v) is 16.5. The number of hydrogen-bond acceptors (Lipinski definition) is 6. The van der Waals surface area contributed by atoms with Gasteiger partial charge in [0.1, 0.15) is 0 Å². The second-order valence-corrected chi connectivity index (χ2v) is 7.70. The number of carbonyl (C=O) groups is 1. The lowest BCUT2D eigenvalue weighted by Gasteiger charge is -2.12. The van der Waals surface area contributed by atoms with Gasteiger partial charge in [-0.15, -0.1) is 5.10 Å². The number of amides is 1. The lowest BCUT2D eigenvalue weighted by atomic mass is 10.1. The van der Waals surface area contributed by atoms with Gasteiger partial charge in [0.2, 0.25) is 5.91 Å². The van der Waals surface area contributed by atoms with Crippen molar-refractivity contribution in [1.29, 1.82) is 0 Å². The summed E-state index contributed by atoms with van der Waals surface area (Å²) in [5.41, 5.74) is -0.138. The highest BCUT2D eigenvalue weighted by atomic mass is 35.5. The molecule has 0 spiro atoms. The van der Waals surface area contributed by atoms with E-state index in [1.807, 2.05) is 0 Å². The maximum Gasteiger partial charge on any atom is 0.416 e. The molecule has 1 amide bonds. The third kappa shape index (κ3) is 5.36. The second-order valence-electron chi connectivity index (χ2n) is 6.10. The van der Waals surface area contributed by atoms with Gasteiger partial charge in [0.15, 0.2) is 5.17 Å². The van der Waals surface area contributed by atoms with E-state index >= 15 is 0 Å². The van der Waals surface area contributed by atoms with Gasteiger partial charge in [-0.05, 0) is 47.9 Å². The van der Waals surface area contributed by atoms with E-state index in [0.717, 1.165) is 30.0 Å². The molecule has 2 aromatic carbocycles. The van der Waals surface area contributed by atoms with E-state index in [4.69, 9.17) is 11.6 Å². The number of nitrogens with one attached hydrogen (secondary N) is 1. The van der Waals surface area contributed by atoms with Gasteiger partial charge in [-0.3, -0.25) is 14.9 Å². The van der Waals surface area contributed by atoms with Crippen LogP contribution in [0, 0.1) is 10.1 Å². The highest BCUT2D eigenvalue weighted by Gasteiger charge is 2.34. The summed E-state index contributed by atoms with van der Waals surface area (Å²) in [5, 5.41) is 20.4. The van der Waals surface area contributed by atoms with Crippen molar-refractivity contribution in [2.45, 2.75) is 17.8 Å². The minimum atomic E-state index is -4.51. The first-order chi connectivity index (χ1) is 14.1. The van der Waals surface area contributed by atoms with Crippen LogP contribution < -0.4 is 5.32 Å². The number of amidine groups is 1. The van der Waals surface area contributed by atoms with E-state index in [1.165, 1.54) is 30.5 Å². The Labute approximate surface area is 177 Å². The summed E-state index contributed by atoms with van der Waals surface area (Å²) in [6.45, 7) is 0. The molecule has 1 fully saturated rings. The molecule has 0 radical (unpaired) electrons. The molecule has 1 aliphatic rings. The second kappa shape index (κ2) is 8.84. The number of alkyl halides is 3. The third-order valence-corrected chi connectivity index (χ3v) is 5.46. The first-order valence-electron chi connectivity index (χ1n) is 8.32. The predicted octanol–water partition coefficient (Wildman–Crippen LogP) is 4.43. The smallest absolute Gasteiger partial charge is 0.303 e. The Bertz CT molecular complexity index is 1040. The summed E-state index contributed by atoms with van der Waals surface area (Å²) < 4.78 is 38.7. The first-order valence-corrected chi connectivity index (χ1v) is 9.58. The molecule has 12 heteroatoms. The van der Waals surface area contributed by atoms with Gasteiger partial charge in [-0.2, -0.15) is 18.3 Å². The van der Waals surface area contributed by atoms with E-state index < -0.39 is 27.8 Å². The van der Waals surface area contributed by atoms with Gasteiger partial charge in [0.05, 0.1) is 22.0 Å². The fraction of sp³-hybridized carbons (Fsp3) is 0.167. The number of carbonyl (C=O) groups excluding carboxylic acids is 1. The summed E-state index contributed by atoms with van der Waals surface area (Å²) in [7, 11) is 0. The number of hydrogen-bond donors (Lipinski definition) is 1. The summed E-state index contributed by atoms with van der Waals surface area (Å²) in [6, 6.07) is 8.57. The standard InChI is InChI=1S/C18H12ClF3N4O3S/c19-14-6-3-12(18(20,21)22)7-11(14)8-15-16(27)24-17(30-15)25-23-9-10-1-4-13(5-2-10)26(28)29/h1-7,9,15H,8H2,(H,24,25,27)/b23-9+. The van der Waals surface area contributed by atoms with Crippen LogP contribution in [0.25, 0.3) is 0 Å². The molecule has 1 atom stereocenters. The summed E-state index contributed by atoms with van der Waals surface area (Å²) in [6.07, 6.45) is -3.17. The Morgan fingerprint density at radius 2 is 1.93 bits per heavy atom. The SMILES string of the molecule is O=C1N/C(=N\N=C\c2ccc([N+](=O)[O-])cc2)SC1Cc1cc(C(F)(F)F)ccc1Cl. The molecule has 1 aliphatic heterocycles. The van der Waals surface area contributed by atoms with E-state index in [1.54, 1.807) is 0 Å². The average Bonchev–Trinajstić information content (AvgIpc) is 3.02. The number of nitro benzene ring substituents is 1. The van der Waals surface area contributed by atoms with Crippen molar-refractivity contribution in [3.8, 4) is 0 Å². The zero-order valence-electron chi connectivity index (χ0n) is 14.9. The Hall–Kier alpha value is -2.92. The van der Waals surface area contributed by atoms with Crippen LogP contribution in [0.15, 0.2) is 52.7 Å². The van der Waals surface area contributed by atoms with Crippen LogP contribution >= 0.6 is 23.4 Å². The highest BCUT2D eigenvalue weighted by Crippen LogP contribution is 2.33. The van der Waals surface area contributed by atoms with Crippen molar-refractivity contribution in [1.82, 2.24) is 5.32 Å². The van der Waals surface area contributed by atoms with Crippen molar-refractivity contribution in [2.24, 2.45) is 10.2 Å². The molecule has 3 rings (SSSR count). The fourth-order valence-corrected chi connectivity index (χ4v) is 3.67. The molecule has 30 heavy (non-hydrogen) atoms. The van der Waals surface area contributed by atoms with E-state index in [9.17, 15) is 28.1 Å². The van der Waals surface area contributed by atoms with Crippen LogP contribution in [0.5, 0.6) is 0 Å². The molecular weight excluding hydrogens is 445 g/mol. The molecule has 1 saturated heterocycles. The average molecular weight is 457 g/mol. The molecule has 0 aromatic heterocycles. The summed E-state index contributed by atoms with van der Waals surface area (Å²) in [5.74, 6) is -0.419. The largest absolute Gasteiger partial charge is 0.416 e. The third-order valence-electron chi connectivity index (χ3n) is 4.01. The molecule has 7 nitrogen and oxygen atoms in total. The van der Waals surface area contributed by atoms with Crippen LogP contribution in [0.1, 0.15) is 16.7 Å². The quantitative estimate of drug-likeness (QED) is 0.409. The van der Waals surface area contributed by atoms with Gasteiger partial charge in [-0.1, -0.05) is 23.4 Å². The number of rotatable bonds is 5. The maximum atomic E-state index is 12.9. The molecule has 2 aromatic rings. The summed E-state index contributed by atoms with van der Waals surface area (Å²) in [4.78, 5) is 22.2. The number of halogens is 4. The zero-order chi connectivity index (χ0) is 21.9. The number of nitrogens with zero attached hydrogens (tertiary/aromatic N) is 3. The fourth-order valence-electron chi connectivity index (χ4n) is 2.52. The van der Waals surface area contributed by atoms with Gasteiger partial charge >= 0.3 is 6.18 Å². The highest BCUT2D eigenvalue weighted by molar-refractivity contribution is 8.15. The Morgan fingerprint density at radius 3 is 2.57 bits per heavy atom. The molecule has 1 unspecified atom stereocenters. The van der Waals surface area contributed by atoms with Crippen molar-refractivity contribution < 1.29 is 22.9 Å². The molecule has 0 bridgehead atoms.